The number of rotatable bonds is 2. The number of benzene rings is 1. The predicted octanol–water partition coefficient (Wildman–Crippen LogP) is 3.13. The molecule has 0 fully saturated rings. The van der Waals surface area contributed by atoms with Gasteiger partial charge in [-0.25, -0.2) is 0 Å². The van der Waals surface area contributed by atoms with Crippen LogP contribution in [0.4, 0.5) is 0 Å². The smallest absolute Gasteiger partial charge is 0.160 e. The first kappa shape index (κ1) is 12.1. The molecule has 0 radical (unpaired) electrons. The Morgan fingerprint density at radius 1 is 1.13 bits per heavy atom. The maximum atomic E-state index is 9.84. The van der Waals surface area contributed by atoms with Crippen LogP contribution in [0, 0.1) is 13.8 Å². The molecule has 1 aromatic rings. The van der Waals surface area contributed by atoms with Crippen molar-refractivity contribution >= 4 is 8.07 Å². The molecule has 2 N–H and O–H groups in total. The summed E-state index contributed by atoms with van der Waals surface area (Å²) in [5.41, 5.74) is 3.07. The molecule has 3 heteroatoms. The Hall–Kier alpha value is -0.963. The molecule has 1 rings (SSSR count). The molecular formula is C12H20O2Si. The van der Waals surface area contributed by atoms with Crippen LogP contribution in [0.3, 0.4) is 0 Å². The summed E-state index contributed by atoms with van der Waals surface area (Å²) in [4.78, 5) is 0. The quantitative estimate of drug-likeness (QED) is 0.598. The van der Waals surface area contributed by atoms with E-state index in [1.54, 1.807) is 6.07 Å². The van der Waals surface area contributed by atoms with Crippen molar-refractivity contribution in [2.24, 2.45) is 0 Å². The third-order valence-corrected chi connectivity index (χ3v) is 4.05. The van der Waals surface area contributed by atoms with E-state index in [0.717, 1.165) is 22.7 Å². The largest absolute Gasteiger partial charge is 0.504 e. The second kappa shape index (κ2) is 3.89. The number of phenolic OH excluding ortho intramolecular Hbond substituents is 2. The van der Waals surface area contributed by atoms with Crippen molar-refractivity contribution in [1.82, 2.24) is 0 Å². The molecule has 0 heterocycles. The van der Waals surface area contributed by atoms with E-state index in [0.29, 0.717) is 0 Å². The van der Waals surface area contributed by atoms with Crippen LogP contribution < -0.4 is 0 Å². The lowest BCUT2D eigenvalue weighted by molar-refractivity contribution is 0.399. The van der Waals surface area contributed by atoms with Crippen LogP contribution in [0.15, 0.2) is 6.07 Å². The van der Waals surface area contributed by atoms with Crippen LogP contribution in [-0.2, 0) is 6.04 Å². The molecule has 0 aliphatic heterocycles. The molecular weight excluding hydrogens is 204 g/mol. The van der Waals surface area contributed by atoms with Crippen LogP contribution >= 0.6 is 0 Å². The van der Waals surface area contributed by atoms with Crippen molar-refractivity contribution in [2.45, 2.75) is 39.5 Å². The Morgan fingerprint density at radius 2 is 1.67 bits per heavy atom. The van der Waals surface area contributed by atoms with E-state index in [9.17, 15) is 10.2 Å². The summed E-state index contributed by atoms with van der Waals surface area (Å²) >= 11 is 0. The Kier molecular flexibility index (Phi) is 3.14. The summed E-state index contributed by atoms with van der Waals surface area (Å²) in [7, 11) is -1.28. The maximum Gasteiger partial charge on any atom is 0.160 e. The molecule has 0 unspecified atom stereocenters. The average molecular weight is 224 g/mol. The second-order valence-corrected chi connectivity index (χ2v) is 10.9. The van der Waals surface area contributed by atoms with Crippen LogP contribution in [0.2, 0.25) is 19.6 Å². The van der Waals surface area contributed by atoms with Gasteiger partial charge in [-0.3, -0.25) is 0 Å². The van der Waals surface area contributed by atoms with Crippen LogP contribution in [0.5, 0.6) is 11.5 Å². The lowest BCUT2D eigenvalue weighted by Crippen LogP contribution is -2.24. The monoisotopic (exact) mass is 224 g/mol. The zero-order valence-corrected chi connectivity index (χ0v) is 11.2. The van der Waals surface area contributed by atoms with E-state index in [1.807, 2.05) is 13.8 Å². The number of hydrogen-bond donors (Lipinski definition) is 2. The molecule has 1 aromatic carbocycles. The summed E-state index contributed by atoms with van der Waals surface area (Å²) < 4.78 is 0. The summed E-state index contributed by atoms with van der Waals surface area (Å²) in [6.07, 6.45) is 0. The van der Waals surface area contributed by atoms with E-state index < -0.39 is 8.07 Å². The fourth-order valence-corrected chi connectivity index (χ4v) is 3.19. The molecule has 0 aliphatic carbocycles. The predicted molar refractivity (Wildman–Crippen MR) is 66.3 cm³/mol. The third kappa shape index (κ3) is 2.75. The number of hydrogen-bond acceptors (Lipinski definition) is 2. The molecule has 0 saturated carbocycles. The van der Waals surface area contributed by atoms with Crippen LogP contribution in [0.25, 0.3) is 0 Å². The van der Waals surface area contributed by atoms with Gasteiger partial charge in [0, 0.05) is 8.07 Å². The fourth-order valence-electron chi connectivity index (χ4n) is 1.70. The SMILES string of the molecule is Cc1cc(O)c(O)c(C[Si](C)(C)C)c1C. The van der Waals surface area contributed by atoms with Crippen LogP contribution in [0.1, 0.15) is 16.7 Å². The van der Waals surface area contributed by atoms with E-state index in [4.69, 9.17) is 0 Å². The van der Waals surface area contributed by atoms with Gasteiger partial charge in [0.25, 0.3) is 0 Å². The zero-order valence-electron chi connectivity index (χ0n) is 10.2. The highest BCUT2D eigenvalue weighted by molar-refractivity contribution is 6.75. The molecule has 0 aromatic heterocycles. The number of aryl methyl sites for hydroxylation is 1. The molecule has 0 saturated heterocycles. The van der Waals surface area contributed by atoms with E-state index in [-0.39, 0.29) is 11.5 Å². The topological polar surface area (TPSA) is 40.5 Å². The first-order chi connectivity index (χ1) is 6.72. The Balaban J connectivity index is 3.27. The van der Waals surface area contributed by atoms with Crippen LogP contribution in [-0.4, -0.2) is 18.3 Å². The van der Waals surface area contributed by atoms with Gasteiger partial charge in [-0.2, -0.15) is 0 Å². The normalized spacial score (nSPS) is 11.8. The number of phenols is 2. The highest BCUT2D eigenvalue weighted by Gasteiger charge is 2.20. The van der Waals surface area contributed by atoms with Gasteiger partial charge in [-0.15, -0.1) is 0 Å². The lowest BCUT2D eigenvalue weighted by Gasteiger charge is -2.20. The van der Waals surface area contributed by atoms with Gasteiger partial charge in [0.1, 0.15) is 0 Å². The fraction of sp³-hybridized carbons (Fsp3) is 0.500. The molecule has 15 heavy (non-hydrogen) atoms. The molecule has 0 bridgehead atoms. The highest BCUT2D eigenvalue weighted by Crippen LogP contribution is 2.35. The summed E-state index contributed by atoms with van der Waals surface area (Å²) in [5, 5.41) is 19.4. The maximum absolute atomic E-state index is 9.84. The van der Waals surface area contributed by atoms with Crippen molar-refractivity contribution in [2.75, 3.05) is 0 Å². The standard InChI is InChI=1S/C12H20O2Si/c1-8-6-11(13)12(14)10(9(8)2)7-15(3,4)5/h6,13-14H,7H2,1-5H3. The Labute approximate surface area is 92.6 Å². The molecule has 2 nitrogen and oxygen atoms in total. The molecule has 84 valence electrons. The van der Waals surface area contributed by atoms with Crippen molar-refractivity contribution in [3.05, 3.63) is 22.8 Å². The minimum atomic E-state index is -1.28. The third-order valence-electron chi connectivity index (χ3n) is 2.63. The lowest BCUT2D eigenvalue weighted by atomic mass is 10.0. The van der Waals surface area contributed by atoms with Crippen molar-refractivity contribution in [1.29, 1.82) is 0 Å². The van der Waals surface area contributed by atoms with E-state index in [1.165, 1.54) is 0 Å². The summed E-state index contributed by atoms with van der Waals surface area (Å²) in [6.45, 7) is 10.7. The number of aromatic hydroxyl groups is 2. The summed E-state index contributed by atoms with van der Waals surface area (Å²) in [5.74, 6) is 0.0758. The van der Waals surface area contributed by atoms with Gasteiger partial charge in [-0.05, 0) is 42.6 Å². The minimum Gasteiger partial charge on any atom is -0.504 e. The first-order valence-corrected chi connectivity index (χ1v) is 8.94. The minimum absolute atomic E-state index is 0.00588. The zero-order chi connectivity index (χ0) is 11.8. The van der Waals surface area contributed by atoms with Gasteiger partial charge in [0.05, 0.1) is 0 Å². The van der Waals surface area contributed by atoms with E-state index >= 15 is 0 Å². The van der Waals surface area contributed by atoms with Gasteiger partial charge >= 0.3 is 0 Å². The average Bonchev–Trinajstić information content (AvgIpc) is 2.08. The highest BCUT2D eigenvalue weighted by atomic mass is 28.3. The molecule has 0 atom stereocenters. The molecule has 0 spiro atoms. The van der Waals surface area contributed by atoms with Crippen molar-refractivity contribution in [3.63, 3.8) is 0 Å². The van der Waals surface area contributed by atoms with Crippen molar-refractivity contribution in [3.8, 4) is 11.5 Å². The van der Waals surface area contributed by atoms with Gasteiger partial charge in [0.2, 0.25) is 0 Å². The van der Waals surface area contributed by atoms with Gasteiger partial charge in [-0.1, -0.05) is 19.6 Å². The first-order valence-electron chi connectivity index (χ1n) is 5.23. The Bertz CT molecular complexity index is 352. The van der Waals surface area contributed by atoms with Crippen molar-refractivity contribution < 1.29 is 10.2 Å². The molecule has 0 amide bonds. The molecule has 0 aliphatic rings. The van der Waals surface area contributed by atoms with Gasteiger partial charge in [0.15, 0.2) is 11.5 Å². The Morgan fingerprint density at radius 3 is 2.13 bits per heavy atom. The summed E-state index contributed by atoms with van der Waals surface area (Å²) in [6, 6.07) is 2.53. The second-order valence-electron chi connectivity index (χ2n) is 5.40. The van der Waals surface area contributed by atoms with E-state index in [2.05, 4.69) is 19.6 Å². The van der Waals surface area contributed by atoms with Gasteiger partial charge < -0.3 is 10.2 Å².